The maximum atomic E-state index is 13.0. The molecule has 54 heavy (non-hydrogen) atoms. The van der Waals surface area contributed by atoms with Gasteiger partial charge in [0.25, 0.3) is 0 Å². The second-order valence-corrected chi connectivity index (χ2v) is 16.7. The lowest BCUT2D eigenvalue weighted by Crippen LogP contribution is -2.61. The van der Waals surface area contributed by atoms with E-state index >= 15 is 0 Å². The maximum Gasteiger partial charge on any atom is 0.397 e. The molecule has 0 aliphatic carbocycles. The number of hydrogen-bond donors (Lipinski definition) is 6. The summed E-state index contributed by atoms with van der Waals surface area (Å²) in [4.78, 5) is 13.0. The molecule has 0 bridgehead atoms. The first-order valence-corrected chi connectivity index (χ1v) is 23.3. The van der Waals surface area contributed by atoms with Gasteiger partial charge in [0.05, 0.1) is 25.4 Å². The molecule has 13 heteroatoms. The van der Waals surface area contributed by atoms with Crippen molar-refractivity contribution in [3.63, 3.8) is 0 Å². The average molecular weight is 796 g/mol. The SMILES string of the molecule is CCCCCCCCCCCCCCCCCCC(O)C(COC1OC(CO)C(O)C(OS(=O)(=O)O)C1O)NC(=O)CCCCCCCCCCCCC. The normalized spacial score (nSPS) is 21.6. The third kappa shape index (κ3) is 26.1. The molecule has 0 saturated carbocycles. The molecule has 0 spiro atoms. The lowest BCUT2D eigenvalue weighted by atomic mass is 9.99. The molecular weight excluding hydrogens is 715 g/mol. The quantitative estimate of drug-likeness (QED) is 0.0265. The lowest BCUT2D eigenvalue weighted by molar-refractivity contribution is -0.298. The summed E-state index contributed by atoms with van der Waals surface area (Å²) in [5.74, 6) is -0.230. The highest BCUT2D eigenvalue weighted by molar-refractivity contribution is 7.80. The van der Waals surface area contributed by atoms with Gasteiger partial charge >= 0.3 is 10.4 Å². The highest BCUT2D eigenvalue weighted by Crippen LogP contribution is 2.26. The third-order valence-electron chi connectivity index (χ3n) is 10.7. The van der Waals surface area contributed by atoms with Gasteiger partial charge in [-0.2, -0.15) is 8.42 Å². The minimum atomic E-state index is -5.07. The fourth-order valence-corrected chi connectivity index (χ4v) is 7.73. The largest absolute Gasteiger partial charge is 0.397 e. The van der Waals surface area contributed by atoms with Gasteiger partial charge in [-0.25, -0.2) is 4.18 Å². The molecule has 1 amide bonds. The van der Waals surface area contributed by atoms with E-state index in [1.165, 1.54) is 122 Å². The Morgan fingerprint density at radius 1 is 0.667 bits per heavy atom. The zero-order valence-corrected chi connectivity index (χ0v) is 34.9. The summed E-state index contributed by atoms with van der Waals surface area (Å²) in [5, 5.41) is 44.7. The van der Waals surface area contributed by atoms with Crippen molar-refractivity contribution in [2.45, 2.75) is 243 Å². The van der Waals surface area contributed by atoms with Gasteiger partial charge in [0.2, 0.25) is 5.91 Å². The minimum absolute atomic E-state index is 0.230. The molecule has 1 saturated heterocycles. The molecule has 0 aromatic rings. The summed E-state index contributed by atoms with van der Waals surface area (Å²) in [6.45, 7) is 3.43. The van der Waals surface area contributed by atoms with Gasteiger partial charge in [-0.3, -0.25) is 9.35 Å². The zero-order chi connectivity index (χ0) is 39.9. The first kappa shape index (κ1) is 51.1. The Morgan fingerprint density at radius 3 is 1.48 bits per heavy atom. The summed E-state index contributed by atoms with van der Waals surface area (Å²) in [7, 11) is -5.07. The summed E-state index contributed by atoms with van der Waals surface area (Å²) < 4.78 is 47.5. The Kier molecular flexibility index (Phi) is 31.3. The lowest BCUT2D eigenvalue weighted by Gasteiger charge is -2.41. The van der Waals surface area contributed by atoms with Crippen LogP contribution in [-0.2, 0) is 28.9 Å². The molecule has 1 fully saturated rings. The van der Waals surface area contributed by atoms with Gasteiger partial charge in [-0.15, -0.1) is 0 Å². The van der Waals surface area contributed by atoms with Crippen LogP contribution in [0.2, 0.25) is 0 Å². The zero-order valence-electron chi connectivity index (χ0n) is 34.1. The first-order chi connectivity index (χ1) is 26.0. The van der Waals surface area contributed by atoms with E-state index in [1.54, 1.807) is 0 Å². The highest BCUT2D eigenvalue weighted by Gasteiger charge is 2.48. The van der Waals surface area contributed by atoms with Gasteiger partial charge in [-0.1, -0.05) is 181 Å². The molecule has 0 aromatic carbocycles. The fraction of sp³-hybridized carbons (Fsp3) is 0.976. The Balaban J connectivity index is 2.52. The molecule has 1 heterocycles. The Labute approximate surface area is 328 Å². The van der Waals surface area contributed by atoms with Gasteiger partial charge in [-0.05, 0) is 12.8 Å². The van der Waals surface area contributed by atoms with E-state index in [9.17, 15) is 33.6 Å². The van der Waals surface area contributed by atoms with E-state index in [0.717, 1.165) is 51.4 Å². The van der Waals surface area contributed by atoms with Crippen LogP contribution in [0.15, 0.2) is 0 Å². The molecule has 1 rings (SSSR count). The number of amides is 1. The van der Waals surface area contributed by atoms with E-state index in [4.69, 9.17) is 14.0 Å². The molecule has 0 aromatic heterocycles. The number of rotatable bonds is 37. The van der Waals surface area contributed by atoms with Crippen molar-refractivity contribution in [1.29, 1.82) is 0 Å². The first-order valence-electron chi connectivity index (χ1n) is 21.9. The predicted molar refractivity (Wildman–Crippen MR) is 213 cm³/mol. The second kappa shape index (κ2) is 33.1. The number of carbonyl (C=O) groups excluding carboxylic acids is 1. The van der Waals surface area contributed by atoms with Crippen LogP contribution in [0.25, 0.3) is 0 Å². The monoisotopic (exact) mass is 796 g/mol. The number of carbonyl (C=O) groups is 1. The van der Waals surface area contributed by atoms with Crippen LogP contribution in [0.4, 0.5) is 0 Å². The van der Waals surface area contributed by atoms with Crippen molar-refractivity contribution in [2.24, 2.45) is 0 Å². The van der Waals surface area contributed by atoms with Crippen LogP contribution in [0.1, 0.15) is 200 Å². The highest BCUT2D eigenvalue weighted by atomic mass is 32.3. The molecule has 7 unspecified atom stereocenters. The molecule has 6 N–H and O–H groups in total. The van der Waals surface area contributed by atoms with Crippen molar-refractivity contribution in [2.75, 3.05) is 13.2 Å². The van der Waals surface area contributed by atoms with E-state index in [2.05, 4.69) is 23.3 Å². The smallest absolute Gasteiger partial charge is 0.394 e. The molecule has 1 aliphatic heterocycles. The maximum absolute atomic E-state index is 13.0. The van der Waals surface area contributed by atoms with E-state index < -0.39 is 59.9 Å². The number of nitrogens with one attached hydrogen (secondary N) is 1. The third-order valence-corrected chi connectivity index (χ3v) is 11.1. The van der Waals surface area contributed by atoms with Crippen LogP contribution < -0.4 is 5.32 Å². The van der Waals surface area contributed by atoms with Crippen molar-refractivity contribution >= 4 is 16.3 Å². The number of aliphatic hydroxyl groups excluding tert-OH is 4. The standard InChI is InChI=1S/C41H81NO11S/c1-3-5-7-9-11-13-15-16-17-18-19-21-22-24-26-28-30-35(44)34(42-37(45)31-29-27-25-23-20-14-12-10-8-6-4-2)33-51-41-39(47)40(53-54(48,49)50)38(46)36(32-43)52-41/h34-36,38-41,43-44,46-47H,3-33H2,1-2H3,(H,42,45)(H,48,49,50). The van der Waals surface area contributed by atoms with E-state index in [0.29, 0.717) is 12.8 Å². The van der Waals surface area contributed by atoms with Crippen LogP contribution in [-0.4, -0.2) is 95.4 Å². The van der Waals surface area contributed by atoms with Crippen LogP contribution >= 0.6 is 0 Å². The number of ether oxygens (including phenoxy) is 2. The van der Waals surface area contributed by atoms with Gasteiger partial charge < -0.3 is 35.2 Å². The van der Waals surface area contributed by atoms with E-state index in [1.807, 2.05) is 0 Å². The second-order valence-electron chi connectivity index (χ2n) is 15.6. The van der Waals surface area contributed by atoms with Crippen molar-refractivity contribution in [3.8, 4) is 0 Å². The van der Waals surface area contributed by atoms with E-state index in [-0.39, 0.29) is 12.5 Å². The number of unbranched alkanes of at least 4 members (excludes halogenated alkanes) is 25. The van der Waals surface area contributed by atoms with Gasteiger partial charge in [0.1, 0.15) is 24.4 Å². The van der Waals surface area contributed by atoms with Crippen LogP contribution in [0, 0.1) is 0 Å². The average Bonchev–Trinajstić information content (AvgIpc) is 3.14. The Hall–Kier alpha value is -0.900. The Bertz CT molecular complexity index is 988. The van der Waals surface area contributed by atoms with Gasteiger partial charge in [0.15, 0.2) is 6.29 Å². The molecular formula is C41H81NO11S. The molecule has 12 nitrogen and oxygen atoms in total. The number of hydrogen-bond acceptors (Lipinski definition) is 10. The van der Waals surface area contributed by atoms with Crippen molar-refractivity contribution in [3.05, 3.63) is 0 Å². The molecule has 7 atom stereocenters. The summed E-state index contributed by atoms with van der Waals surface area (Å²) >= 11 is 0. The Morgan fingerprint density at radius 2 is 1.07 bits per heavy atom. The minimum Gasteiger partial charge on any atom is -0.394 e. The van der Waals surface area contributed by atoms with Crippen molar-refractivity contribution in [1.82, 2.24) is 5.32 Å². The molecule has 322 valence electrons. The summed E-state index contributed by atoms with van der Waals surface area (Å²) in [6.07, 6.45) is 23.9. The summed E-state index contributed by atoms with van der Waals surface area (Å²) in [6, 6.07) is -0.849. The van der Waals surface area contributed by atoms with Gasteiger partial charge in [0, 0.05) is 6.42 Å². The van der Waals surface area contributed by atoms with Crippen LogP contribution in [0.5, 0.6) is 0 Å². The topological polar surface area (TPSA) is 192 Å². The number of aliphatic hydroxyl groups is 4. The fourth-order valence-electron chi connectivity index (χ4n) is 7.22. The predicted octanol–water partition coefficient (Wildman–Crippen LogP) is 7.83. The molecule has 1 aliphatic rings. The molecule has 0 radical (unpaired) electrons. The van der Waals surface area contributed by atoms with Crippen molar-refractivity contribution < 1.29 is 51.8 Å². The van der Waals surface area contributed by atoms with Crippen LogP contribution in [0.3, 0.4) is 0 Å². The summed E-state index contributed by atoms with van der Waals surface area (Å²) in [5.41, 5.74) is 0.